The molecule has 5 aromatic rings. The molecule has 40 heavy (non-hydrogen) atoms. The normalized spacial score (nSPS) is 13.9. The van der Waals surface area contributed by atoms with Gasteiger partial charge >= 0.3 is 0 Å². The lowest BCUT2D eigenvalue weighted by Gasteiger charge is -2.34. The van der Waals surface area contributed by atoms with Gasteiger partial charge in [-0.2, -0.15) is 4.98 Å². The predicted octanol–water partition coefficient (Wildman–Crippen LogP) is 4.72. The number of likely N-dealkylation sites (N-methyl/N-ethyl adjacent to an activating group) is 1. The monoisotopic (exact) mass is 533 g/mol. The Bertz CT molecular complexity index is 1610. The number of hydrogen-bond acceptors (Lipinski definition) is 8. The summed E-state index contributed by atoms with van der Waals surface area (Å²) in [4.78, 5) is 35.2. The Morgan fingerprint density at radius 1 is 0.875 bits per heavy atom. The quantitative estimate of drug-likeness (QED) is 0.310. The van der Waals surface area contributed by atoms with Crippen LogP contribution in [0, 0.1) is 0 Å². The summed E-state index contributed by atoms with van der Waals surface area (Å²) in [5, 5.41) is 6.24. The molecule has 10 heteroatoms. The molecular formula is C30H31N9O. The first-order chi connectivity index (χ1) is 19.6. The Morgan fingerprint density at radius 2 is 1.60 bits per heavy atom. The van der Waals surface area contributed by atoms with Crippen molar-refractivity contribution >= 4 is 40.1 Å². The van der Waals surface area contributed by atoms with Crippen molar-refractivity contribution in [2.75, 3.05) is 48.8 Å². The van der Waals surface area contributed by atoms with Crippen LogP contribution in [0.15, 0.2) is 79.3 Å². The van der Waals surface area contributed by atoms with Crippen LogP contribution >= 0.6 is 0 Å². The minimum atomic E-state index is -0.0306. The van der Waals surface area contributed by atoms with Gasteiger partial charge in [0.05, 0.1) is 6.20 Å². The zero-order valence-electron chi connectivity index (χ0n) is 22.6. The summed E-state index contributed by atoms with van der Waals surface area (Å²) in [7, 11) is 2.16. The topological polar surface area (TPSA) is 104 Å². The molecule has 3 aromatic heterocycles. The molecule has 1 aliphatic heterocycles. The molecule has 1 fully saturated rings. The van der Waals surface area contributed by atoms with Crippen LogP contribution in [0.3, 0.4) is 0 Å². The number of benzene rings is 2. The molecule has 2 aromatic carbocycles. The van der Waals surface area contributed by atoms with Crippen molar-refractivity contribution < 1.29 is 4.79 Å². The van der Waals surface area contributed by atoms with Gasteiger partial charge < -0.3 is 20.4 Å². The summed E-state index contributed by atoms with van der Waals surface area (Å²) < 4.78 is 1.99. The molecule has 2 N–H and O–H groups in total. The maximum absolute atomic E-state index is 11.8. The molecule has 0 atom stereocenters. The summed E-state index contributed by atoms with van der Waals surface area (Å²) in [6.45, 7) is 6.02. The van der Waals surface area contributed by atoms with E-state index in [1.54, 1.807) is 18.6 Å². The molecule has 1 amide bonds. The highest BCUT2D eigenvalue weighted by Gasteiger charge is 2.18. The van der Waals surface area contributed by atoms with E-state index in [9.17, 15) is 4.79 Å². The van der Waals surface area contributed by atoms with E-state index in [4.69, 9.17) is 9.97 Å². The van der Waals surface area contributed by atoms with Crippen molar-refractivity contribution in [3.63, 3.8) is 0 Å². The first kappa shape index (κ1) is 25.4. The standard InChI is InChI=1S/C30H31N9O/c1-3-27(40)33-22-8-12-25(13-9-22)39-28(21-5-4-14-31-19-21)35-26-20-32-30(36-29(26)39)34-23-6-10-24(11-7-23)38-17-15-37(2)16-18-38/h4-14,19-20H,3,15-18H2,1-2H3,(H,33,40)(H,32,34,36). The molecule has 0 spiro atoms. The summed E-state index contributed by atoms with van der Waals surface area (Å²) >= 11 is 0. The van der Waals surface area contributed by atoms with Crippen LogP contribution in [-0.4, -0.2) is 68.5 Å². The van der Waals surface area contributed by atoms with Gasteiger partial charge in [-0.15, -0.1) is 0 Å². The number of fused-ring (bicyclic) bond motifs is 1. The Labute approximate surface area is 232 Å². The second-order valence-corrected chi connectivity index (χ2v) is 9.83. The summed E-state index contributed by atoms with van der Waals surface area (Å²) in [5.41, 5.74) is 5.91. The molecule has 0 saturated carbocycles. The fourth-order valence-corrected chi connectivity index (χ4v) is 4.76. The molecule has 1 aliphatic rings. The van der Waals surface area contributed by atoms with Gasteiger partial charge in [-0.05, 0) is 67.7 Å². The zero-order chi connectivity index (χ0) is 27.5. The van der Waals surface area contributed by atoms with Crippen LogP contribution < -0.4 is 15.5 Å². The van der Waals surface area contributed by atoms with Crippen molar-refractivity contribution in [2.24, 2.45) is 0 Å². The van der Waals surface area contributed by atoms with Crippen molar-refractivity contribution in [3.8, 4) is 17.1 Å². The fourth-order valence-electron chi connectivity index (χ4n) is 4.76. The molecule has 4 heterocycles. The van der Waals surface area contributed by atoms with E-state index in [1.165, 1.54) is 5.69 Å². The van der Waals surface area contributed by atoms with Gasteiger partial charge in [0.1, 0.15) is 11.3 Å². The van der Waals surface area contributed by atoms with Crippen LogP contribution in [0.5, 0.6) is 0 Å². The molecule has 0 unspecified atom stereocenters. The first-order valence-corrected chi connectivity index (χ1v) is 13.4. The Hall–Kier alpha value is -4.83. The zero-order valence-corrected chi connectivity index (χ0v) is 22.6. The van der Waals surface area contributed by atoms with E-state index in [-0.39, 0.29) is 5.91 Å². The van der Waals surface area contributed by atoms with Crippen LogP contribution in [-0.2, 0) is 4.79 Å². The lowest BCUT2D eigenvalue weighted by molar-refractivity contribution is -0.115. The van der Waals surface area contributed by atoms with Crippen molar-refractivity contribution in [2.45, 2.75) is 13.3 Å². The number of rotatable bonds is 7. The highest BCUT2D eigenvalue weighted by molar-refractivity contribution is 5.90. The second kappa shape index (κ2) is 11.1. The van der Waals surface area contributed by atoms with Crippen LogP contribution in [0.25, 0.3) is 28.2 Å². The van der Waals surface area contributed by atoms with Crippen molar-refractivity contribution in [1.29, 1.82) is 0 Å². The Kier molecular flexibility index (Phi) is 7.07. The third-order valence-corrected chi connectivity index (χ3v) is 7.04. The highest BCUT2D eigenvalue weighted by Crippen LogP contribution is 2.29. The van der Waals surface area contributed by atoms with Crippen LogP contribution in [0.1, 0.15) is 13.3 Å². The van der Waals surface area contributed by atoms with E-state index in [1.807, 2.05) is 47.9 Å². The van der Waals surface area contributed by atoms with Gasteiger partial charge in [-0.1, -0.05) is 6.92 Å². The minimum absolute atomic E-state index is 0.0306. The summed E-state index contributed by atoms with van der Waals surface area (Å²) in [5.74, 6) is 1.15. The Balaban J connectivity index is 1.32. The lowest BCUT2D eigenvalue weighted by Crippen LogP contribution is -2.44. The van der Waals surface area contributed by atoms with E-state index < -0.39 is 0 Å². The first-order valence-electron chi connectivity index (χ1n) is 13.4. The molecule has 0 aliphatic carbocycles. The minimum Gasteiger partial charge on any atom is -0.369 e. The van der Waals surface area contributed by atoms with E-state index >= 15 is 0 Å². The molecule has 202 valence electrons. The van der Waals surface area contributed by atoms with Crippen LogP contribution in [0.2, 0.25) is 0 Å². The van der Waals surface area contributed by atoms with Gasteiger partial charge in [-0.3, -0.25) is 14.3 Å². The highest BCUT2D eigenvalue weighted by atomic mass is 16.1. The SMILES string of the molecule is CCC(=O)Nc1ccc(-n2c(-c3cccnc3)nc3cnc(Nc4ccc(N5CCN(C)CC5)cc4)nc32)cc1. The Morgan fingerprint density at radius 3 is 2.30 bits per heavy atom. The van der Waals surface area contributed by atoms with Crippen molar-refractivity contribution in [1.82, 2.24) is 29.4 Å². The van der Waals surface area contributed by atoms with Gasteiger partial charge in [0.25, 0.3) is 0 Å². The maximum Gasteiger partial charge on any atom is 0.229 e. The summed E-state index contributed by atoms with van der Waals surface area (Å²) in [6, 6.07) is 19.9. The molecule has 10 nitrogen and oxygen atoms in total. The lowest BCUT2D eigenvalue weighted by atomic mass is 10.2. The molecular weight excluding hydrogens is 502 g/mol. The molecule has 1 saturated heterocycles. The maximum atomic E-state index is 11.8. The summed E-state index contributed by atoms with van der Waals surface area (Å²) in [6.07, 6.45) is 5.67. The fraction of sp³-hybridized carbons (Fsp3) is 0.233. The average molecular weight is 534 g/mol. The number of aromatic nitrogens is 5. The number of hydrogen-bond donors (Lipinski definition) is 2. The van der Waals surface area contributed by atoms with E-state index in [2.05, 4.69) is 61.7 Å². The smallest absolute Gasteiger partial charge is 0.229 e. The predicted molar refractivity (Wildman–Crippen MR) is 158 cm³/mol. The van der Waals surface area contributed by atoms with Crippen LogP contribution in [0.4, 0.5) is 23.0 Å². The molecule has 6 rings (SSSR count). The molecule has 0 bridgehead atoms. The third kappa shape index (κ3) is 5.34. The number of amides is 1. The number of pyridine rings is 1. The number of nitrogens with zero attached hydrogens (tertiary/aromatic N) is 7. The third-order valence-electron chi connectivity index (χ3n) is 7.04. The average Bonchev–Trinajstić information content (AvgIpc) is 3.38. The number of anilines is 4. The number of nitrogens with one attached hydrogen (secondary N) is 2. The molecule has 0 radical (unpaired) electrons. The van der Waals surface area contributed by atoms with Gasteiger partial charge in [0, 0.05) is 73.3 Å². The van der Waals surface area contributed by atoms with E-state index in [0.29, 0.717) is 29.4 Å². The number of carbonyl (C=O) groups excluding carboxylic acids is 1. The van der Waals surface area contributed by atoms with E-state index in [0.717, 1.165) is 48.8 Å². The number of piperazine rings is 1. The van der Waals surface area contributed by atoms with Gasteiger partial charge in [0.15, 0.2) is 5.65 Å². The second-order valence-electron chi connectivity index (χ2n) is 9.83. The number of carbonyl (C=O) groups is 1. The number of imidazole rings is 1. The van der Waals surface area contributed by atoms with Crippen molar-refractivity contribution in [3.05, 3.63) is 79.3 Å². The van der Waals surface area contributed by atoms with Gasteiger partial charge in [0.2, 0.25) is 11.9 Å². The largest absolute Gasteiger partial charge is 0.369 e. The van der Waals surface area contributed by atoms with Gasteiger partial charge in [-0.25, -0.2) is 9.97 Å².